The van der Waals surface area contributed by atoms with Gasteiger partial charge in [0.25, 0.3) is 0 Å². The summed E-state index contributed by atoms with van der Waals surface area (Å²) in [5, 5.41) is 11.3. The van der Waals surface area contributed by atoms with E-state index in [1.807, 2.05) is 12.1 Å². The van der Waals surface area contributed by atoms with Crippen LogP contribution in [0.15, 0.2) is 66.7 Å². The van der Waals surface area contributed by atoms with Gasteiger partial charge in [-0.1, -0.05) is 48.5 Å². The van der Waals surface area contributed by atoms with E-state index >= 15 is 0 Å². The molecule has 0 saturated heterocycles. The monoisotopic (exact) mass is 389 g/mol. The zero-order chi connectivity index (χ0) is 20.2. The number of aliphatic carboxylic acids is 1. The van der Waals surface area contributed by atoms with E-state index in [4.69, 9.17) is 9.84 Å². The van der Waals surface area contributed by atoms with Gasteiger partial charge in [0, 0.05) is 23.7 Å². The number of rotatable bonds is 7. The van der Waals surface area contributed by atoms with Crippen LogP contribution in [-0.4, -0.2) is 30.3 Å². The van der Waals surface area contributed by atoms with E-state index in [1.54, 1.807) is 0 Å². The summed E-state index contributed by atoms with van der Waals surface area (Å²) in [5.41, 5.74) is 2.64. The second kappa shape index (κ2) is 8.56. The maximum absolute atomic E-state index is 10.6. The van der Waals surface area contributed by atoms with Crippen LogP contribution in [0.25, 0.3) is 10.8 Å². The Hall–Kier alpha value is -3.01. The highest BCUT2D eigenvalue weighted by atomic mass is 16.5. The first kappa shape index (κ1) is 19.3. The van der Waals surface area contributed by atoms with Gasteiger partial charge in [-0.2, -0.15) is 0 Å². The number of ether oxygens (including phenoxy) is 1. The van der Waals surface area contributed by atoms with Crippen molar-refractivity contribution >= 4 is 22.4 Å². The number of benzene rings is 3. The van der Waals surface area contributed by atoms with Crippen molar-refractivity contribution in [3.63, 3.8) is 0 Å². The topological polar surface area (TPSA) is 49.8 Å². The van der Waals surface area contributed by atoms with E-state index in [0.29, 0.717) is 17.7 Å². The van der Waals surface area contributed by atoms with Crippen molar-refractivity contribution in [2.75, 3.05) is 18.1 Å². The average molecular weight is 389 g/mol. The summed E-state index contributed by atoms with van der Waals surface area (Å²) in [6.07, 6.45) is 3.48. The number of fused-ring (bicyclic) bond motifs is 1. The second-order valence-corrected chi connectivity index (χ2v) is 7.70. The van der Waals surface area contributed by atoms with Crippen molar-refractivity contribution in [1.82, 2.24) is 0 Å². The molecular formula is C25H27NO3. The van der Waals surface area contributed by atoms with Crippen LogP contribution in [0.4, 0.5) is 5.69 Å². The molecule has 150 valence electrons. The van der Waals surface area contributed by atoms with Gasteiger partial charge in [0.2, 0.25) is 0 Å². The molecule has 1 saturated carbocycles. The van der Waals surface area contributed by atoms with Gasteiger partial charge < -0.3 is 14.7 Å². The van der Waals surface area contributed by atoms with Gasteiger partial charge in [-0.15, -0.1) is 0 Å². The minimum absolute atomic E-state index is 0.304. The first-order valence-corrected chi connectivity index (χ1v) is 10.3. The molecule has 4 heteroatoms. The van der Waals surface area contributed by atoms with E-state index in [9.17, 15) is 4.79 Å². The Morgan fingerprint density at radius 3 is 2.55 bits per heavy atom. The summed E-state index contributed by atoms with van der Waals surface area (Å²) >= 11 is 0. The van der Waals surface area contributed by atoms with Crippen LogP contribution in [-0.2, 0) is 4.79 Å². The van der Waals surface area contributed by atoms with Gasteiger partial charge in [-0.3, -0.25) is 0 Å². The summed E-state index contributed by atoms with van der Waals surface area (Å²) < 4.78 is 5.25. The van der Waals surface area contributed by atoms with E-state index < -0.39 is 5.97 Å². The summed E-state index contributed by atoms with van der Waals surface area (Å²) in [6, 6.07) is 23.6. The lowest BCUT2D eigenvalue weighted by Gasteiger charge is -2.31. The van der Waals surface area contributed by atoms with E-state index in [0.717, 1.165) is 13.0 Å². The van der Waals surface area contributed by atoms with E-state index in [-0.39, 0.29) is 6.61 Å². The maximum Gasteiger partial charge on any atom is 0.341 e. The zero-order valence-corrected chi connectivity index (χ0v) is 16.8. The Balaban J connectivity index is 1.49. The van der Waals surface area contributed by atoms with Crippen LogP contribution in [0.2, 0.25) is 0 Å². The van der Waals surface area contributed by atoms with Gasteiger partial charge in [-0.25, -0.2) is 4.79 Å². The van der Waals surface area contributed by atoms with E-state index in [1.165, 1.54) is 34.9 Å². The molecule has 3 aromatic rings. The van der Waals surface area contributed by atoms with Crippen molar-refractivity contribution in [1.29, 1.82) is 0 Å². The fourth-order valence-corrected chi connectivity index (χ4v) is 4.61. The molecule has 0 heterocycles. The van der Waals surface area contributed by atoms with Crippen LogP contribution in [0.3, 0.4) is 0 Å². The number of anilines is 1. The third kappa shape index (κ3) is 4.21. The maximum atomic E-state index is 10.6. The Morgan fingerprint density at radius 2 is 1.79 bits per heavy atom. The molecule has 4 nitrogen and oxygen atoms in total. The number of carbonyl (C=O) groups is 1. The van der Waals surface area contributed by atoms with Gasteiger partial charge >= 0.3 is 5.97 Å². The molecule has 1 aliphatic rings. The first-order chi connectivity index (χ1) is 14.2. The van der Waals surface area contributed by atoms with Crippen LogP contribution in [0.5, 0.6) is 5.75 Å². The summed E-state index contributed by atoms with van der Waals surface area (Å²) in [4.78, 5) is 13.2. The lowest BCUT2D eigenvalue weighted by atomic mass is 9.97. The van der Waals surface area contributed by atoms with Gasteiger partial charge in [-0.05, 0) is 61.3 Å². The summed E-state index contributed by atoms with van der Waals surface area (Å²) in [6.45, 7) is 2.93. The third-order valence-corrected chi connectivity index (χ3v) is 5.98. The SMILES string of the molecule is CCN(c1cccc2ccccc12)C1CCC(c2ccc(OCC(=O)O)cc2)C1. The molecule has 1 fully saturated rings. The predicted molar refractivity (Wildman–Crippen MR) is 117 cm³/mol. The molecule has 1 N–H and O–H groups in total. The molecule has 4 rings (SSSR count). The summed E-state index contributed by atoms with van der Waals surface area (Å²) in [7, 11) is 0. The Kier molecular flexibility index (Phi) is 5.70. The highest BCUT2D eigenvalue weighted by Gasteiger charge is 2.30. The van der Waals surface area contributed by atoms with Crippen LogP contribution >= 0.6 is 0 Å². The fourth-order valence-electron chi connectivity index (χ4n) is 4.61. The van der Waals surface area contributed by atoms with Crippen LogP contribution in [0, 0.1) is 0 Å². The Morgan fingerprint density at radius 1 is 1.03 bits per heavy atom. The minimum Gasteiger partial charge on any atom is -0.482 e. The average Bonchev–Trinajstić information content (AvgIpc) is 3.23. The van der Waals surface area contributed by atoms with Crippen molar-refractivity contribution < 1.29 is 14.6 Å². The number of hydrogen-bond acceptors (Lipinski definition) is 3. The molecule has 0 aliphatic heterocycles. The lowest BCUT2D eigenvalue weighted by molar-refractivity contribution is -0.139. The molecule has 0 aromatic heterocycles. The Labute approximate surface area is 171 Å². The van der Waals surface area contributed by atoms with E-state index in [2.05, 4.69) is 66.4 Å². The molecule has 0 amide bonds. The normalized spacial score (nSPS) is 18.7. The highest BCUT2D eigenvalue weighted by Crippen LogP contribution is 2.40. The molecular weight excluding hydrogens is 362 g/mol. The molecule has 29 heavy (non-hydrogen) atoms. The quantitative estimate of drug-likeness (QED) is 0.582. The number of nitrogens with zero attached hydrogens (tertiary/aromatic N) is 1. The molecule has 3 aromatic carbocycles. The Bertz CT molecular complexity index is 978. The lowest BCUT2D eigenvalue weighted by Crippen LogP contribution is -2.33. The summed E-state index contributed by atoms with van der Waals surface area (Å²) in [5.74, 6) is 0.176. The smallest absolute Gasteiger partial charge is 0.341 e. The molecule has 0 radical (unpaired) electrons. The van der Waals surface area contributed by atoms with Gasteiger partial charge in [0.1, 0.15) is 5.75 Å². The minimum atomic E-state index is -0.958. The first-order valence-electron chi connectivity index (χ1n) is 10.3. The molecule has 0 bridgehead atoms. The van der Waals surface area contributed by atoms with Gasteiger partial charge in [0.05, 0.1) is 0 Å². The van der Waals surface area contributed by atoms with Crippen molar-refractivity contribution in [2.45, 2.75) is 38.1 Å². The standard InChI is InChI=1S/C25H27NO3/c1-2-26(24-9-5-7-19-6-3-4-8-23(19)24)21-13-10-20(16-21)18-11-14-22(15-12-18)29-17-25(27)28/h3-9,11-12,14-15,20-21H,2,10,13,16-17H2,1H3,(H,27,28). The molecule has 1 aliphatic carbocycles. The predicted octanol–water partition coefficient (Wildman–Crippen LogP) is 5.47. The number of carboxylic acid groups (broad SMARTS) is 1. The zero-order valence-electron chi connectivity index (χ0n) is 16.8. The van der Waals surface area contributed by atoms with Gasteiger partial charge in [0.15, 0.2) is 6.61 Å². The highest BCUT2D eigenvalue weighted by molar-refractivity contribution is 5.94. The molecule has 2 atom stereocenters. The second-order valence-electron chi connectivity index (χ2n) is 7.70. The third-order valence-electron chi connectivity index (χ3n) is 5.98. The molecule has 2 unspecified atom stereocenters. The largest absolute Gasteiger partial charge is 0.482 e. The molecule has 0 spiro atoms. The van der Waals surface area contributed by atoms with Crippen molar-refractivity contribution in [3.05, 3.63) is 72.3 Å². The van der Waals surface area contributed by atoms with Crippen LogP contribution < -0.4 is 9.64 Å². The fraction of sp³-hybridized carbons (Fsp3) is 0.320. The number of carboxylic acids is 1. The van der Waals surface area contributed by atoms with Crippen LogP contribution in [0.1, 0.15) is 37.7 Å². The van der Waals surface area contributed by atoms with Crippen molar-refractivity contribution in [3.8, 4) is 5.75 Å². The number of hydrogen-bond donors (Lipinski definition) is 1. The van der Waals surface area contributed by atoms with Crippen molar-refractivity contribution in [2.24, 2.45) is 0 Å².